The number of imidazole rings is 1. The molecule has 2 aromatic carbocycles. The van der Waals surface area contributed by atoms with Gasteiger partial charge in [-0.15, -0.1) is 0 Å². The number of aromatic nitrogens is 6. The maximum Gasteiger partial charge on any atom is 0.267 e. The molecule has 1 aliphatic rings. The number of rotatable bonds is 3. The van der Waals surface area contributed by atoms with Crippen LogP contribution in [0.2, 0.25) is 5.02 Å². The number of halogens is 1. The van der Waals surface area contributed by atoms with Gasteiger partial charge in [0.25, 0.3) is 5.56 Å². The first kappa shape index (κ1) is 18.9. The molecule has 8 nitrogen and oxygen atoms in total. The minimum atomic E-state index is -0.178. The average Bonchev–Trinajstić information content (AvgIpc) is 3.49. The molecule has 9 heteroatoms. The third kappa shape index (κ3) is 2.87. The molecule has 0 spiro atoms. The lowest BCUT2D eigenvalue weighted by molar-refractivity contribution is 0.632. The number of para-hydroxylation sites is 1. The van der Waals surface area contributed by atoms with Gasteiger partial charge in [0.15, 0.2) is 11.5 Å². The third-order valence-electron chi connectivity index (χ3n) is 5.89. The van der Waals surface area contributed by atoms with Crippen LogP contribution in [0.15, 0.2) is 72.0 Å². The van der Waals surface area contributed by atoms with Gasteiger partial charge in [0.2, 0.25) is 0 Å². The second-order valence-electron chi connectivity index (χ2n) is 7.71. The molecule has 1 saturated heterocycles. The molecule has 0 unspecified atom stereocenters. The Morgan fingerprint density at radius 3 is 2.78 bits per heavy atom. The molecule has 0 saturated carbocycles. The first-order valence-electron chi connectivity index (χ1n) is 10.4. The van der Waals surface area contributed by atoms with Gasteiger partial charge in [-0.05, 0) is 37.1 Å². The molecule has 1 fully saturated rings. The molecular formula is C23H18ClN7O. The second-order valence-corrected chi connectivity index (χ2v) is 8.12. The Hall–Kier alpha value is -3.78. The number of hydrogen-bond donors (Lipinski definition) is 0. The van der Waals surface area contributed by atoms with Crippen LogP contribution in [0.3, 0.4) is 0 Å². The lowest BCUT2D eigenvalue weighted by atomic mass is 10.1. The van der Waals surface area contributed by atoms with E-state index in [1.807, 2.05) is 42.5 Å². The van der Waals surface area contributed by atoms with Crippen molar-refractivity contribution in [2.45, 2.75) is 18.9 Å². The van der Waals surface area contributed by atoms with E-state index < -0.39 is 0 Å². The minimum Gasteiger partial charge on any atom is -0.343 e. The Balaban J connectivity index is 1.61. The van der Waals surface area contributed by atoms with Crippen LogP contribution in [-0.2, 0) is 0 Å². The fourth-order valence-corrected chi connectivity index (χ4v) is 4.74. The van der Waals surface area contributed by atoms with Crippen molar-refractivity contribution in [3.63, 3.8) is 0 Å². The summed E-state index contributed by atoms with van der Waals surface area (Å²) in [6.45, 7) is 0.780. The van der Waals surface area contributed by atoms with Crippen molar-refractivity contribution < 1.29 is 0 Å². The van der Waals surface area contributed by atoms with E-state index in [4.69, 9.17) is 16.6 Å². The van der Waals surface area contributed by atoms with E-state index in [0.29, 0.717) is 27.4 Å². The van der Waals surface area contributed by atoms with Crippen LogP contribution in [0.4, 0.5) is 5.82 Å². The zero-order chi connectivity index (χ0) is 21.7. The van der Waals surface area contributed by atoms with Crippen LogP contribution in [0.25, 0.3) is 22.2 Å². The van der Waals surface area contributed by atoms with Gasteiger partial charge in [-0.25, -0.2) is 19.5 Å². The average molecular weight is 444 g/mol. The fraction of sp³-hybridized carbons (Fsp3) is 0.174. The zero-order valence-electron chi connectivity index (χ0n) is 17.0. The van der Waals surface area contributed by atoms with E-state index in [2.05, 4.69) is 20.0 Å². The largest absolute Gasteiger partial charge is 0.343 e. The summed E-state index contributed by atoms with van der Waals surface area (Å²) in [7, 11) is 0. The van der Waals surface area contributed by atoms with E-state index in [1.165, 1.54) is 6.33 Å². The molecular weight excluding hydrogens is 426 g/mol. The number of fused-ring (bicyclic) bond motifs is 2. The molecule has 0 aliphatic carbocycles. The molecule has 3 aromatic heterocycles. The number of benzene rings is 2. The second kappa shape index (κ2) is 7.42. The molecule has 6 rings (SSSR count). The van der Waals surface area contributed by atoms with Crippen molar-refractivity contribution in [1.29, 1.82) is 0 Å². The molecule has 158 valence electrons. The van der Waals surface area contributed by atoms with Crippen molar-refractivity contribution >= 4 is 34.0 Å². The van der Waals surface area contributed by atoms with Crippen molar-refractivity contribution in [3.8, 4) is 5.69 Å². The van der Waals surface area contributed by atoms with Gasteiger partial charge in [-0.3, -0.25) is 9.36 Å². The summed E-state index contributed by atoms with van der Waals surface area (Å²) in [5.74, 6) is 1.39. The predicted octanol–water partition coefficient (Wildman–Crippen LogP) is 3.82. The Morgan fingerprint density at radius 2 is 1.91 bits per heavy atom. The Labute approximate surface area is 187 Å². The summed E-state index contributed by atoms with van der Waals surface area (Å²) in [4.78, 5) is 29.8. The highest BCUT2D eigenvalue weighted by Crippen LogP contribution is 2.36. The van der Waals surface area contributed by atoms with Gasteiger partial charge in [-0.2, -0.15) is 5.10 Å². The minimum absolute atomic E-state index is 0.151. The summed E-state index contributed by atoms with van der Waals surface area (Å²) >= 11 is 6.42. The molecule has 32 heavy (non-hydrogen) atoms. The van der Waals surface area contributed by atoms with Crippen LogP contribution >= 0.6 is 11.6 Å². The Morgan fingerprint density at radius 1 is 1.03 bits per heavy atom. The maximum absolute atomic E-state index is 13.7. The highest BCUT2D eigenvalue weighted by molar-refractivity contribution is 6.35. The van der Waals surface area contributed by atoms with E-state index >= 15 is 0 Å². The van der Waals surface area contributed by atoms with E-state index in [0.717, 1.165) is 30.9 Å². The highest BCUT2D eigenvalue weighted by atomic mass is 35.5. The van der Waals surface area contributed by atoms with Crippen LogP contribution in [0, 0.1) is 0 Å². The van der Waals surface area contributed by atoms with E-state index in [9.17, 15) is 4.79 Å². The first-order valence-corrected chi connectivity index (χ1v) is 10.8. The first-order chi connectivity index (χ1) is 15.7. The quantitative estimate of drug-likeness (QED) is 0.421. The molecule has 1 aliphatic heterocycles. The molecule has 5 aromatic rings. The number of anilines is 1. The number of hydrogen-bond acceptors (Lipinski definition) is 6. The van der Waals surface area contributed by atoms with Crippen molar-refractivity contribution in [2.75, 3.05) is 11.4 Å². The Kier molecular flexibility index (Phi) is 4.39. The van der Waals surface area contributed by atoms with Crippen LogP contribution in [0.1, 0.15) is 24.7 Å². The smallest absolute Gasteiger partial charge is 0.267 e. The van der Waals surface area contributed by atoms with Gasteiger partial charge in [0, 0.05) is 18.9 Å². The van der Waals surface area contributed by atoms with Gasteiger partial charge in [0.1, 0.15) is 12.2 Å². The summed E-state index contributed by atoms with van der Waals surface area (Å²) in [6, 6.07) is 14.8. The normalized spacial score (nSPS) is 16.3. The van der Waals surface area contributed by atoms with Crippen LogP contribution in [-0.4, -0.2) is 35.7 Å². The SMILES string of the molecule is O=c1c2c(Cl)cccc2nc([C@@H]2CCCN2c2ncnn3ccnc23)n1-c1ccccc1. The summed E-state index contributed by atoms with van der Waals surface area (Å²) in [5, 5.41) is 5.05. The Bertz CT molecular complexity index is 1510. The summed E-state index contributed by atoms with van der Waals surface area (Å²) in [5.41, 5.74) is 1.84. The summed E-state index contributed by atoms with van der Waals surface area (Å²) in [6.07, 6.45) is 6.80. The number of nitrogens with zero attached hydrogens (tertiary/aromatic N) is 7. The molecule has 0 radical (unpaired) electrons. The van der Waals surface area contributed by atoms with E-state index in [1.54, 1.807) is 27.5 Å². The fourth-order valence-electron chi connectivity index (χ4n) is 4.49. The van der Waals surface area contributed by atoms with Crippen molar-refractivity contribution in [2.24, 2.45) is 0 Å². The monoisotopic (exact) mass is 443 g/mol. The lowest BCUT2D eigenvalue weighted by Gasteiger charge is -2.27. The molecule has 1 atom stereocenters. The predicted molar refractivity (Wildman–Crippen MR) is 122 cm³/mol. The van der Waals surface area contributed by atoms with E-state index in [-0.39, 0.29) is 11.6 Å². The van der Waals surface area contributed by atoms with Crippen molar-refractivity contribution in [1.82, 2.24) is 29.1 Å². The standard InChI is InChI=1S/C23H18ClN7O/c24-16-8-4-9-17-19(16)23(32)31(15-6-2-1-3-7-15)20(28-17)18-10-5-12-29(18)21-22-25-11-13-30(22)27-14-26-21/h1-4,6-9,11,13-14,18H,5,10,12H2/t18-/m0/s1. The third-order valence-corrected chi connectivity index (χ3v) is 6.20. The van der Waals surface area contributed by atoms with Gasteiger partial charge < -0.3 is 4.90 Å². The van der Waals surface area contributed by atoms with Gasteiger partial charge >= 0.3 is 0 Å². The van der Waals surface area contributed by atoms with Crippen molar-refractivity contribution in [3.05, 3.63) is 88.5 Å². The van der Waals surface area contributed by atoms with Crippen LogP contribution in [0.5, 0.6) is 0 Å². The maximum atomic E-state index is 13.7. The molecule has 4 heterocycles. The highest BCUT2D eigenvalue weighted by Gasteiger charge is 2.33. The molecule has 0 bridgehead atoms. The van der Waals surface area contributed by atoms with Gasteiger partial charge in [0.05, 0.1) is 27.7 Å². The molecule has 0 amide bonds. The zero-order valence-corrected chi connectivity index (χ0v) is 17.7. The van der Waals surface area contributed by atoms with Crippen LogP contribution < -0.4 is 10.5 Å². The summed E-state index contributed by atoms with van der Waals surface area (Å²) < 4.78 is 3.39. The van der Waals surface area contributed by atoms with Gasteiger partial charge in [-0.1, -0.05) is 35.9 Å². The topological polar surface area (TPSA) is 81.2 Å². The lowest BCUT2D eigenvalue weighted by Crippen LogP contribution is -2.32. The molecule has 0 N–H and O–H groups in total.